The Labute approximate surface area is 88.1 Å². The Morgan fingerprint density at radius 1 is 1.47 bits per heavy atom. The van der Waals surface area contributed by atoms with E-state index in [9.17, 15) is 13.2 Å². The fourth-order valence-electron chi connectivity index (χ4n) is 0.625. The first kappa shape index (κ1) is 13.5. The lowest BCUT2D eigenvalue weighted by Crippen LogP contribution is -2.18. The van der Waals surface area contributed by atoms with Crippen molar-refractivity contribution in [3.05, 3.63) is 30.1 Å². The highest BCUT2D eigenvalue weighted by molar-refractivity contribution is 7.85. The molecular weight excluding hydrogens is 220 g/mol. The summed E-state index contributed by atoms with van der Waals surface area (Å²) in [7, 11) is -2.09. The molecule has 6 nitrogen and oxygen atoms in total. The normalized spacial score (nSPS) is 9.80. The maximum Gasteiger partial charge on any atom is 0.269 e. The zero-order valence-corrected chi connectivity index (χ0v) is 9.15. The van der Waals surface area contributed by atoms with Gasteiger partial charge in [-0.2, -0.15) is 8.42 Å². The molecule has 0 aromatic carbocycles. The molecule has 84 valence electrons. The minimum absolute atomic E-state index is 0.152. The highest BCUT2D eigenvalue weighted by Crippen LogP contribution is 1.90. The van der Waals surface area contributed by atoms with E-state index in [1.165, 1.54) is 0 Å². The highest BCUT2D eigenvalue weighted by Gasteiger charge is 2.00. The largest absolute Gasteiger partial charge is 0.354 e. The number of rotatable bonds is 1. The van der Waals surface area contributed by atoms with Crippen LogP contribution in [-0.2, 0) is 10.1 Å². The summed E-state index contributed by atoms with van der Waals surface area (Å²) in [5, 5.41) is 2.48. The van der Waals surface area contributed by atoms with E-state index in [-0.39, 0.29) is 5.91 Å². The zero-order chi connectivity index (χ0) is 11.9. The van der Waals surface area contributed by atoms with Crippen molar-refractivity contribution in [3.63, 3.8) is 0 Å². The molecule has 1 rings (SSSR count). The SMILES string of the molecule is CNC(=O)c1ccccn1.CS(=O)(=O)O. The van der Waals surface area contributed by atoms with Crippen LogP contribution in [0.3, 0.4) is 0 Å². The predicted molar refractivity (Wildman–Crippen MR) is 55.1 cm³/mol. The van der Waals surface area contributed by atoms with Gasteiger partial charge in [-0.15, -0.1) is 0 Å². The van der Waals surface area contributed by atoms with E-state index in [4.69, 9.17) is 4.55 Å². The summed E-state index contributed by atoms with van der Waals surface area (Å²) in [4.78, 5) is 14.7. The number of aromatic nitrogens is 1. The molecule has 1 aromatic heterocycles. The van der Waals surface area contributed by atoms with E-state index < -0.39 is 10.1 Å². The smallest absolute Gasteiger partial charge is 0.269 e. The Morgan fingerprint density at radius 3 is 2.33 bits per heavy atom. The second-order valence-electron chi connectivity index (χ2n) is 2.53. The van der Waals surface area contributed by atoms with Gasteiger partial charge in [-0.3, -0.25) is 14.3 Å². The van der Waals surface area contributed by atoms with Crippen LogP contribution >= 0.6 is 0 Å². The molecule has 7 heteroatoms. The second kappa shape index (κ2) is 6.10. The molecular formula is C8H12N2O4S. The first-order valence-electron chi connectivity index (χ1n) is 3.90. The Hall–Kier alpha value is -1.47. The molecule has 0 spiro atoms. The molecule has 0 aliphatic rings. The van der Waals surface area contributed by atoms with Crippen LogP contribution in [-0.4, -0.2) is 37.2 Å². The summed E-state index contributed by atoms with van der Waals surface area (Å²) in [6, 6.07) is 5.21. The summed E-state index contributed by atoms with van der Waals surface area (Å²) in [6.07, 6.45) is 2.30. The van der Waals surface area contributed by atoms with Crippen molar-refractivity contribution in [1.82, 2.24) is 10.3 Å². The summed E-state index contributed by atoms with van der Waals surface area (Å²) in [5.74, 6) is -0.152. The van der Waals surface area contributed by atoms with Crippen LogP contribution in [0.2, 0.25) is 0 Å². The van der Waals surface area contributed by atoms with Crippen LogP contribution in [0.1, 0.15) is 10.5 Å². The lowest BCUT2D eigenvalue weighted by molar-refractivity contribution is 0.0958. The second-order valence-corrected chi connectivity index (χ2v) is 3.99. The number of nitrogens with one attached hydrogen (secondary N) is 1. The average molecular weight is 232 g/mol. The quantitative estimate of drug-likeness (QED) is 0.661. The van der Waals surface area contributed by atoms with Crippen molar-refractivity contribution < 1.29 is 17.8 Å². The first-order chi connectivity index (χ1) is 6.84. The van der Waals surface area contributed by atoms with Gasteiger partial charge in [-0.25, -0.2) is 0 Å². The minimum Gasteiger partial charge on any atom is -0.354 e. The third kappa shape index (κ3) is 8.85. The van der Waals surface area contributed by atoms with Crippen molar-refractivity contribution in [2.24, 2.45) is 0 Å². The fraction of sp³-hybridized carbons (Fsp3) is 0.250. The van der Waals surface area contributed by atoms with Gasteiger partial charge in [0.05, 0.1) is 6.26 Å². The maximum atomic E-state index is 10.8. The molecule has 0 aliphatic heterocycles. The Morgan fingerprint density at radius 2 is 2.00 bits per heavy atom. The average Bonchev–Trinajstić information content (AvgIpc) is 2.15. The fourth-order valence-corrected chi connectivity index (χ4v) is 0.625. The standard InChI is InChI=1S/C7H8N2O.CH4O3S/c1-8-7(10)6-4-2-3-5-9-6;1-5(2,3)4/h2-5H,1H3,(H,8,10);1H3,(H,2,3,4). The summed E-state index contributed by atoms with van der Waals surface area (Å²) in [5.41, 5.74) is 0.449. The molecule has 0 radical (unpaired) electrons. The summed E-state index contributed by atoms with van der Waals surface area (Å²) < 4.78 is 25.9. The van der Waals surface area contributed by atoms with Crippen molar-refractivity contribution in [3.8, 4) is 0 Å². The molecule has 0 saturated carbocycles. The van der Waals surface area contributed by atoms with E-state index in [0.29, 0.717) is 11.9 Å². The van der Waals surface area contributed by atoms with Gasteiger partial charge >= 0.3 is 0 Å². The van der Waals surface area contributed by atoms with Gasteiger partial charge in [-0.1, -0.05) is 6.07 Å². The Kier molecular flexibility index (Phi) is 5.50. The van der Waals surface area contributed by atoms with Crippen LogP contribution in [0, 0.1) is 0 Å². The van der Waals surface area contributed by atoms with Gasteiger partial charge in [-0.05, 0) is 12.1 Å². The molecule has 1 heterocycles. The van der Waals surface area contributed by atoms with Crippen LogP contribution in [0.15, 0.2) is 24.4 Å². The van der Waals surface area contributed by atoms with Crippen molar-refractivity contribution in [1.29, 1.82) is 0 Å². The first-order valence-corrected chi connectivity index (χ1v) is 5.75. The van der Waals surface area contributed by atoms with Crippen molar-refractivity contribution in [2.45, 2.75) is 0 Å². The molecule has 2 N–H and O–H groups in total. The number of hydrogen-bond donors (Lipinski definition) is 2. The number of carbonyl (C=O) groups excluding carboxylic acids is 1. The highest BCUT2D eigenvalue weighted by atomic mass is 32.2. The van der Waals surface area contributed by atoms with Crippen LogP contribution in [0.25, 0.3) is 0 Å². The van der Waals surface area contributed by atoms with Crippen molar-refractivity contribution in [2.75, 3.05) is 13.3 Å². The van der Waals surface area contributed by atoms with Gasteiger partial charge in [0.25, 0.3) is 16.0 Å². The summed E-state index contributed by atoms with van der Waals surface area (Å²) >= 11 is 0. The van der Waals surface area contributed by atoms with E-state index in [0.717, 1.165) is 0 Å². The van der Waals surface area contributed by atoms with Gasteiger partial charge in [0, 0.05) is 13.2 Å². The number of hydrogen-bond acceptors (Lipinski definition) is 4. The Bertz CT molecular complexity index is 394. The van der Waals surface area contributed by atoms with Crippen LogP contribution in [0.5, 0.6) is 0 Å². The molecule has 1 aromatic rings. The van der Waals surface area contributed by atoms with Gasteiger partial charge in [0.15, 0.2) is 0 Å². The van der Waals surface area contributed by atoms with Crippen LogP contribution in [0.4, 0.5) is 0 Å². The summed E-state index contributed by atoms with van der Waals surface area (Å²) in [6.45, 7) is 0. The molecule has 0 atom stereocenters. The van der Waals surface area contributed by atoms with E-state index >= 15 is 0 Å². The third-order valence-electron chi connectivity index (χ3n) is 1.12. The molecule has 0 fully saturated rings. The van der Waals surface area contributed by atoms with Gasteiger partial charge in [0.1, 0.15) is 5.69 Å². The number of carbonyl (C=O) groups is 1. The minimum atomic E-state index is -3.67. The monoisotopic (exact) mass is 232 g/mol. The molecule has 0 unspecified atom stereocenters. The molecule has 0 bridgehead atoms. The zero-order valence-electron chi connectivity index (χ0n) is 8.34. The van der Waals surface area contributed by atoms with Gasteiger partial charge < -0.3 is 5.32 Å². The number of pyridine rings is 1. The van der Waals surface area contributed by atoms with Crippen LogP contribution < -0.4 is 5.32 Å². The molecule has 1 amide bonds. The lowest BCUT2D eigenvalue weighted by Gasteiger charge is -1.94. The maximum absolute atomic E-state index is 10.8. The third-order valence-corrected chi connectivity index (χ3v) is 1.12. The van der Waals surface area contributed by atoms with E-state index in [2.05, 4.69) is 10.3 Å². The van der Waals surface area contributed by atoms with Gasteiger partial charge in [0.2, 0.25) is 0 Å². The molecule has 15 heavy (non-hydrogen) atoms. The number of amides is 1. The predicted octanol–water partition coefficient (Wildman–Crippen LogP) is -0.0548. The molecule has 0 aliphatic carbocycles. The van der Waals surface area contributed by atoms with E-state index in [1.807, 2.05) is 0 Å². The lowest BCUT2D eigenvalue weighted by atomic mass is 10.3. The molecule has 0 saturated heterocycles. The Balaban J connectivity index is 0.000000336. The van der Waals surface area contributed by atoms with Crippen molar-refractivity contribution >= 4 is 16.0 Å². The topological polar surface area (TPSA) is 96.4 Å². The van der Waals surface area contributed by atoms with E-state index in [1.54, 1.807) is 31.4 Å². The number of nitrogens with zero attached hydrogens (tertiary/aromatic N) is 1.